The Morgan fingerprint density at radius 2 is 1.92 bits per heavy atom. The van der Waals surface area contributed by atoms with Gasteiger partial charge in [-0.3, -0.25) is 9.69 Å². The Bertz CT molecular complexity index is 607. The first-order chi connectivity index (χ1) is 11.5. The van der Waals surface area contributed by atoms with Crippen molar-refractivity contribution in [1.82, 2.24) is 9.80 Å². The number of carbonyl (C=O) groups excluding carboxylic acids is 1. The first kappa shape index (κ1) is 17.3. The highest BCUT2D eigenvalue weighted by Crippen LogP contribution is 2.26. The molecule has 1 N–H and O–H groups in total. The van der Waals surface area contributed by atoms with E-state index in [1.54, 1.807) is 0 Å². The molecule has 24 heavy (non-hydrogen) atoms. The summed E-state index contributed by atoms with van der Waals surface area (Å²) in [4.78, 5) is 16.3. The number of nitrogens with zero attached hydrogens (tertiary/aromatic N) is 2. The zero-order valence-corrected chi connectivity index (χ0v) is 13.5. The number of ether oxygens (including phenoxy) is 1. The van der Waals surface area contributed by atoms with E-state index in [2.05, 4.69) is 0 Å². The Morgan fingerprint density at radius 1 is 1.17 bits per heavy atom. The van der Waals surface area contributed by atoms with Crippen molar-refractivity contribution in [2.24, 2.45) is 0 Å². The SMILES string of the molecule is O=C1N(Cc2ccc(F)c(F)c2)CCC[C@@]1(O)CN1CCOCC1. The molecular formula is C17H22F2N2O3. The largest absolute Gasteiger partial charge is 0.379 e. The second-order valence-electron chi connectivity index (χ2n) is 6.50. The van der Waals surface area contributed by atoms with E-state index in [1.807, 2.05) is 4.90 Å². The number of rotatable bonds is 4. The molecule has 1 atom stereocenters. The van der Waals surface area contributed by atoms with Crippen LogP contribution in [0.15, 0.2) is 18.2 Å². The van der Waals surface area contributed by atoms with Gasteiger partial charge >= 0.3 is 0 Å². The minimum absolute atomic E-state index is 0.168. The molecule has 0 unspecified atom stereocenters. The summed E-state index contributed by atoms with van der Waals surface area (Å²) in [6.07, 6.45) is 1.09. The third-order valence-corrected chi connectivity index (χ3v) is 4.65. The summed E-state index contributed by atoms with van der Waals surface area (Å²) in [5, 5.41) is 10.8. The topological polar surface area (TPSA) is 53.0 Å². The van der Waals surface area contributed by atoms with Gasteiger partial charge in [-0.05, 0) is 30.5 Å². The molecule has 2 aliphatic rings. The van der Waals surface area contributed by atoms with Crippen LogP contribution < -0.4 is 0 Å². The Hall–Kier alpha value is -1.57. The van der Waals surface area contributed by atoms with Crippen molar-refractivity contribution < 1.29 is 23.4 Å². The molecule has 0 spiro atoms. The molecule has 2 aliphatic heterocycles. The fourth-order valence-electron chi connectivity index (χ4n) is 3.35. The number of morpholine rings is 1. The van der Waals surface area contributed by atoms with Crippen molar-refractivity contribution in [3.63, 3.8) is 0 Å². The average molecular weight is 340 g/mol. The van der Waals surface area contributed by atoms with Gasteiger partial charge in [0.1, 0.15) is 0 Å². The van der Waals surface area contributed by atoms with Crippen LogP contribution in [0.2, 0.25) is 0 Å². The Morgan fingerprint density at radius 3 is 2.62 bits per heavy atom. The number of amides is 1. The number of piperidine rings is 1. The van der Waals surface area contributed by atoms with Crippen molar-refractivity contribution in [3.05, 3.63) is 35.4 Å². The van der Waals surface area contributed by atoms with Crippen molar-refractivity contribution in [2.75, 3.05) is 39.4 Å². The standard InChI is InChI=1S/C17H22F2N2O3/c18-14-3-2-13(10-15(14)19)11-21-5-1-4-17(23,16(21)22)12-20-6-8-24-9-7-20/h2-3,10,23H,1,4-9,11-12H2/t17-/m1/s1. The van der Waals surface area contributed by atoms with E-state index in [-0.39, 0.29) is 19.0 Å². The van der Waals surface area contributed by atoms with Crippen LogP contribution in [0.25, 0.3) is 0 Å². The van der Waals surface area contributed by atoms with Gasteiger partial charge in [0.2, 0.25) is 0 Å². The summed E-state index contributed by atoms with van der Waals surface area (Å²) >= 11 is 0. The maximum Gasteiger partial charge on any atom is 0.256 e. The van der Waals surface area contributed by atoms with E-state index in [0.717, 1.165) is 12.1 Å². The Balaban J connectivity index is 1.68. The predicted molar refractivity (Wildman–Crippen MR) is 83.2 cm³/mol. The molecule has 0 aliphatic carbocycles. The van der Waals surface area contributed by atoms with Gasteiger partial charge in [0, 0.05) is 32.7 Å². The molecule has 5 nitrogen and oxygen atoms in total. The van der Waals surface area contributed by atoms with Crippen LogP contribution in [0, 0.1) is 11.6 Å². The third-order valence-electron chi connectivity index (χ3n) is 4.65. The molecule has 1 aromatic carbocycles. The number of halogens is 2. The normalized spacial score (nSPS) is 26.0. The lowest BCUT2D eigenvalue weighted by atomic mass is 9.90. The van der Waals surface area contributed by atoms with Crippen LogP contribution in [0.4, 0.5) is 8.78 Å². The average Bonchev–Trinajstić information content (AvgIpc) is 2.56. The molecule has 0 saturated carbocycles. The second kappa shape index (κ2) is 7.13. The van der Waals surface area contributed by atoms with Crippen molar-refractivity contribution >= 4 is 5.91 Å². The van der Waals surface area contributed by atoms with Gasteiger partial charge in [-0.25, -0.2) is 8.78 Å². The Kier molecular flexibility index (Phi) is 5.12. The smallest absolute Gasteiger partial charge is 0.256 e. The van der Waals surface area contributed by atoms with E-state index in [4.69, 9.17) is 4.74 Å². The number of benzene rings is 1. The van der Waals surface area contributed by atoms with E-state index in [0.29, 0.717) is 51.3 Å². The lowest BCUT2D eigenvalue weighted by Gasteiger charge is -2.41. The van der Waals surface area contributed by atoms with Crippen LogP contribution in [-0.2, 0) is 16.1 Å². The fraction of sp³-hybridized carbons (Fsp3) is 0.588. The molecular weight excluding hydrogens is 318 g/mol. The van der Waals surface area contributed by atoms with E-state index < -0.39 is 17.2 Å². The summed E-state index contributed by atoms with van der Waals surface area (Å²) in [7, 11) is 0. The highest BCUT2D eigenvalue weighted by atomic mass is 19.2. The highest BCUT2D eigenvalue weighted by molar-refractivity contribution is 5.86. The molecule has 2 heterocycles. The predicted octanol–water partition coefficient (Wildman–Crippen LogP) is 1.15. The molecule has 7 heteroatoms. The first-order valence-electron chi connectivity index (χ1n) is 8.24. The maximum atomic E-state index is 13.3. The lowest BCUT2D eigenvalue weighted by Crippen LogP contribution is -2.59. The van der Waals surface area contributed by atoms with Gasteiger partial charge in [-0.1, -0.05) is 6.07 Å². The van der Waals surface area contributed by atoms with Crippen molar-refractivity contribution in [1.29, 1.82) is 0 Å². The lowest BCUT2D eigenvalue weighted by molar-refractivity contribution is -0.161. The summed E-state index contributed by atoms with van der Waals surface area (Å²) in [5.74, 6) is -2.18. The molecule has 1 amide bonds. The summed E-state index contributed by atoms with van der Waals surface area (Å²) in [6, 6.07) is 3.61. The van der Waals surface area contributed by atoms with Gasteiger partial charge in [0.25, 0.3) is 5.91 Å². The Labute approximate surface area is 139 Å². The van der Waals surface area contributed by atoms with Gasteiger partial charge in [0.15, 0.2) is 17.2 Å². The second-order valence-corrected chi connectivity index (χ2v) is 6.50. The summed E-state index contributed by atoms with van der Waals surface area (Å²) < 4.78 is 31.7. The number of likely N-dealkylation sites (tertiary alicyclic amines) is 1. The molecule has 0 radical (unpaired) electrons. The molecule has 132 valence electrons. The number of hydrogen-bond donors (Lipinski definition) is 1. The highest BCUT2D eigenvalue weighted by Gasteiger charge is 2.43. The molecule has 2 saturated heterocycles. The zero-order chi connectivity index (χ0) is 17.2. The first-order valence-corrected chi connectivity index (χ1v) is 8.24. The number of carbonyl (C=O) groups is 1. The number of β-amino-alcohol motifs (C(OH)–C–C–N with tert-alkyl or cyclic N) is 1. The number of hydrogen-bond acceptors (Lipinski definition) is 4. The van der Waals surface area contributed by atoms with Crippen LogP contribution >= 0.6 is 0 Å². The van der Waals surface area contributed by atoms with Gasteiger partial charge in [-0.2, -0.15) is 0 Å². The van der Waals surface area contributed by atoms with E-state index in [9.17, 15) is 18.7 Å². The van der Waals surface area contributed by atoms with Gasteiger partial charge in [0.05, 0.1) is 13.2 Å². The molecule has 2 fully saturated rings. The quantitative estimate of drug-likeness (QED) is 0.893. The monoisotopic (exact) mass is 340 g/mol. The summed E-state index contributed by atoms with van der Waals surface area (Å²) in [5.41, 5.74) is -0.911. The van der Waals surface area contributed by atoms with Gasteiger partial charge < -0.3 is 14.7 Å². The van der Waals surface area contributed by atoms with E-state index in [1.165, 1.54) is 11.0 Å². The van der Waals surface area contributed by atoms with Crippen LogP contribution in [-0.4, -0.2) is 65.8 Å². The van der Waals surface area contributed by atoms with E-state index >= 15 is 0 Å². The molecule has 3 rings (SSSR count). The third kappa shape index (κ3) is 3.74. The van der Waals surface area contributed by atoms with Crippen LogP contribution in [0.1, 0.15) is 18.4 Å². The molecule has 0 bridgehead atoms. The summed E-state index contributed by atoms with van der Waals surface area (Å²) in [6.45, 7) is 3.54. The zero-order valence-electron chi connectivity index (χ0n) is 13.5. The molecule has 0 aromatic heterocycles. The minimum Gasteiger partial charge on any atom is -0.379 e. The van der Waals surface area contributed by atoms with Crippen LogP contribution in [0.5, 0.6) is 0 Å². The fourth-order valence-corrected chi connectivity index (χ4v) is 3.35. The molecule has 1 aromatic rings. The van der Waals surface area contributed by atoms with Gasteiger partial charge in [-0.15, -0.1) is 0 Å². The number of aliphatic hydroxyl groups is 1. The maximum absolute atomic E-state index is 13.3. The van der Waals surface area contributed by atoms with Crippen molar-refractivity contribution in [3.8, 4) is 0 Å². The van der Waals surface area contributed by atoms with Crippen LogP contribution in [0.3, 0.4) is 0 Å². The van der Waals surface area contributed by atoms with Crippen molar-refractivity contribution in [2.45, 2.75) is 25.0 Å². The minimum atomic E-state index is -1.42.